The van der Waals surface area contributed by atoms with E-state index in [9.17, 15) is 0 Å². The van der Waals surface area contributed by atoms with Gasteiger partial charge in [0.2, 0.25) is 0 Å². The van der Waals surface area contributed by atoms with Crippen LogP contribution < -0.4 is 10.4 Å². The summed E-state index contributed by atoms with van der Waals surface area (Å²) >= 11 is 0. The molecule has 4 nitrogen and oxygen atoms in total. The fraction of sp³-hybridized carbons (Fsp3) is 0.188. The van der Waals surface area contributed by atoms with Crippen LogP contribution in [0.4, 0.5) is 11.4 Å². The van der Waals surface area contributed by atoms with Gasteiger partial charge in [0, 0.05) is 0 Å². The van der Waals surface area contributed by atoms with Crippen LogP contribution in [0.1, 0.15) is 11.1 Å². The molecule has 0 atom stereocenters. The normalized spacial score (nSPS) is 13.9. The molecule has 1 aliphatic heterocycles. The van der Waals surface area contributed by atoms with Gasteiger partial charge in [-0.2, -0.15) is 5.10 Å². The molecular formula is C16H18N4. The van der Waals surface area contributed by atoms with Gasteiger partial charge in [-0.15, -0.1) is 0 Å². The second-order valence-corrected chi connectivity index (χ2v) is 5.06. The van der Waals surface area contributed by atoms with Crippen molar-refractivity contribution in [2.45, 2.75) is 13.8 Å². The van der Waals surface area contributed by atoms with E-state index in [0.29, 0.717) is 6.67 Å². The largest absolute Gasteiger partial charge is 0.296 e. The van der Waals surface area contributed by atoms with Crippen LogP contribution in [-0.2, 0) is 0 Å². The van der Waals surface area contributed by atoms with E-state index in [1.54, 1.807) is 6.34 Å². The van der Waals surface area contributed by atoms with Gasteiger partial charge in [-0.3, -0.25) is 10.4 Å². The Hall–Kier alpha value is -2.49. The third-order valence-electron chi connectivity index (χ3n) is 3.27. The van der Waals surface area contributed by atoms with Crippen molar-refractivity contribution in [2.75, 3.05) is 17.1 Å². The number of nitrogens with zero attached hydrogens (tertiary/aromatic N) is 3. The summed E-state index contributed by atoms with van der Waals surface area (Å²) in [6, 6.07) is 16.7. The molecule has 0 spiro atoms. The van der Waals surface area contributed by atoms with Gasteiger partial charge in [-0.05, 0) is 38.1 Å². The van der Waals surface area contributed by atoms with Gasteiger partial charge in [-0.25, -0.2) is 5.01 Å². The van der Waals surface area contributed by atoms with Crippen molar-refractivity contribution in [3.05, 3.63) is 59.7 Å². The molecular weight excluding hydrogens is 248 g/mol. The Labute approximate surface area is 119 Å². The lowest BCUT2D eigenvalue weighted by molar-refractivity contribution is 0.539. The minimum Gasteiger partial charge on any atom is -0.296 e. The van der Waals surface area contributed by atoms with E-state index < -0.39 is 0 Å². The van der Waals surface area contributed by atoms with Gasteiger partial charge in [0.15, 0.2) is 0 Å². The highest BCUT2D eigenvalue weighted by Crippen LogP contribution is 2.19. The third kappa shape index (κ3) is 2.74. The Morgan fingerprint density at radius 2 is 1.50 bits per heavy atom. The zero-order valence-corrected chi connectivity index (χ0v) is 11.7. The molecule has 0 unspecified atom stereocenters. The number of rotatable bonds is 3. The average Bonchev–Trinajstić information content (AvgIpc) is 2.91. The average molecular weight is 266 g/mol. The monoisotopic (exact) mass is 266 g/mol. The Morgan fingerprint density at radius 3 is 2.15 bits per heavy atom. The first kappa shape index (κ1) is 12.5. The Balaban J connectivity index is 1.64. The van der Waals surface area contributed by atoms with Crippen molar-refractivity contribution in [1.82, 2.24) is 5.01 Å². The minimum absolute atomic E-state index is 0.691. The second-order valence-electron chi connectivity index (χ2n) is 5.06. The quantitative estimate of drug-likeness (QED) is 0.924. The first-order valence-electron chi connectivity index (χ1n) is 6.69. The highest BCUT2D eigenvalue weighted by atomic mass is 15.7. The van der Waals surface area contributed by atoms with E-state index in [0.717, 1.165) is 11.4 Å². The van der Waals surface area contributed by atoms with Crippen LogP contribution in [0.5, 0.6) is 0 Å². The summed E-state index contributed by atoms with van der Waals surface area (Å²) in [5.74, 6) is 0. The summed E-state index contributed by atoms with van der Waals surface area (Å²) in [4.78, 5) is 0. The van der Waals surface area contributed by atoms with Gasteiger partial charge >= 0.3 is 0 Å². The summed E-state index contributed by atoms with van der Waals surface area (Å²) in [6.45, 7) is 4.86. The lowest BCUT2D eigenvalue weighted by Crippen LogP contribution is -2.31. The van der Waals surface area contributed by atoms with Crippen molar-refractivity contribution in [2.24, 2.45) is 5.10 Å². The van der Waals surface area contributed by atoms with E-state index in [4.69, 9.17) is 0 Å². The van der Waals surface area contributed by atoms with Crippen LogP contribution in [0, 0.1) is 13.8 Å². The number of hydrogen-bond acceptors (Lipinski definition) is 4. The molecule has 0 amide bonds. The molecule has 0 saturated heterocycles. The van der Waals surface area contributed by atoms with E-state index in [1.165, 1.54) is 11.1 Å². The SMILES string of the molecule is Cc1ccc(NN2C=NN(c3ccc(C)cc3)C2)cc1. The molecule has 102 valence electrons. The first-order chi connectivity index (χ1) is 9.70. The first-order valence-corrected chi connectivity index (χ1v) is 6.69. The molecule has 0 aromatic heterocycles. The number of hydrazine groups is 1. The zero-order chi connectivity index (χ0) is 13.9. The van der Waals surface area contributed by atoms with E-state index in [1.807, 2.05) is 10.0 Å². The van der Waals surface area contributed by atoms with Crippen LogP contribution >= 0.6 is 0 Å². The molecule has 2 aromatic rings. The minimum atomic E-state index is 0.691. The Bertz CT molecular complexity index is 601. The lowest BCUT2D eigenvalue weighted by atomic mass is 10.2. The summed E-state index contributed by atoms with van der Waals surface area (Å²) in [7, 11) is 0. The smallest absolute Gasteiger partial charge is 0.133 e. The standard InChI is InChI=1S/C16H18N4/c1-13-3-7-15(8-4-13)18-19-11-17-20(12-19)16-9-5-14(2)6-10-16/h3-11,18H,12H2,1-2H3. The number of aryl methyl sites for hydroxylation is 2. The molecule has 0 saturated carbocycles. The lowest BCUT2D eigenvalue weighted by Gasteiger charge is -2.20. The number of benzene rings is 2. The van der Waals surface area contributed by atoms with Crippen molar-refractivity contribution >= 4 is 17.7 Å². The van der Waals surface area contributed by atoms with Crippen LogP contribution in [0.15, 0.2) is 53.6 Å². The predicted molar refractivity (Wildman–Crippen MR) is 83.7 cm³/mol. The third-order valence-corrected chi connectivity index (χ3v) is 3.27. The van der Waals surface area contributed by atoms with Gasteiger partial charge in [0.05, 0.1) is 11.4 Å². The maximum absolute atomic E-state index is 4.40. The van der Waals surface area contributed by atoms with E-state index in [-0.39, 0.29) is 0 Å². The van der Waals surface area contributed by atoms with Gasteiger partial charge in [-0.1, -0.05) is 35.4 Å². The number of hydrazone groups is 1. The van der Waals surface area contributed by atoms with E-state index >= 15 is 0 Å². The fourth-order valence-electron chi connectivity index (χ4n) is 2.07. The molecule has 1 heterocycles. The molecule has 1 N–H and O–H groups in total. The van der Waals surface area contributed by atoms with Crippen LogP contribution in [0.25, 0.3) is 0 Å². The fourth-order valence-corrected chi connectivity index (χ4v) is 2.07. The molecule has 0 aliphatic carbocycles. The summed E-state index contributed by atoms with van der Waals surface area (Å²) in [5, 5.41) is 8.32. The molecule has 0 fully saturated rings. The van der Waals surface area contributed by atoms with Gasteiger partial charge in [0.25, 0.3) is 0 Å². The molecule has 0 radical (unpaired) electrons. The number of anilines is 2. The predicted octanol–water partition coefficient (Wildman–Crippen LogP) is 3.35. The highest BCUT2D eigenvalue weighted by molar-refractivity contribution is 5.65. The van der Waals surface area contributed by atoms with Crippen molar-refractivity contribution in [3.8, 4) is 0 Å². The Morgan fingerprint density at radius 1 is 0.900 bits per heavy atom. The molecule has 1 aliphatic rings. The molecule has 4 heteroatoms. The maximum atomic E-state index is 4.40. The van der Waals surface area contributed by atoms with Gasteiger partial charge < -0.3 is 0 Å². The van der Waals surface area contributed by atoms with E-state index in [2.05, 4.69) is 72.9 Å². The Kier molecular flexibility index (Phi) is 3.29. The maximum Gasteiger partial charge on any atom is 0.133 e. The van der Waals surface area contributed by atoms with Crippen LogP contribution in [-0.4, -0.2) is 18.0 Å². The van der Waals surface area contributed by atoms with Crippen molar-refractivity contribution < 1.29 is 0 Å². The number of hydrogen-bond donors (Lipinski definition) is 1. The van der Waals surface area contributed by atoms with Crippen molar-refractivity contribution in [3.63, 3.8) is 0 Å². The van der Waals surface area contributed by atoms with Crippen LogP contribution in [0.2, 0.25) is 0 Å². The molecule has 0 bridgehead atoms. The zero-order valence-electron chi connectivity index (χ0n) is 11.7. The second kappa shape index (κ2) is 5.25. The highest BCUT2D eigenvalue weighted by Gasteiger charge is 2.15. The summed E-state index contributed by atoms with van der Waals surface area (Å²) < 4.78 is 0. The summed E-state index contributed by atoms with van der Waals surface area (Å²) in [6.07, 6.45) is 1.81. The van der Waals surface area contributed by atoms with Crippen LogP contribution in [0.3, 0.4) is 0 Å². The number of nitrogens with one attached hydrogen (secondary N) is 1. The van der Waals surface area contributed by atoms with Crippen molar-refractivity contribution in [1.29, 1.82) is 0 Å². The topological polar surface area (TPSA) is 30.9 Å². The molecule has 20 heavy (non-hydrogen) atoms. The van der Waals surface area contributed by atoms with Gasteiger partial charge in [0.1, 0.15) is 13.0 Å². The summed E-state index contributed by atoms with van der Waals surface area (Å²) in [5.41, 5.74) is 7.99. The molecule has 2 aromatic carbocycles. The molecule has 3 rings (SSSR count).